The van der Waals surface area contributed by atoms with Gasteiger partial charge < -0.3 is 10.3 Å². The number of amides is 1. The van der Waals surface area contributed by atoms with Crippen molar-refractivity contribution in [1.29, 1.82) is 0 Å². The Labute approximate surface area is 123 Å². The summed E-state index contributed by atoms with van der Waals surface area (Å²) in [4.78, 5) is 15.9. The first-order valence-electron chi connectivity index (χ1n) is 6.78. The Morgan fingerprint density at radius 3 is 3.00 bits per heavy atom. The van der Waals surface area contributed by atoms with E-state index in [9.17, 15) is 4.79 Å². The molecule has 19 heavy (non-hydrogen) atoms. The summed E-state index contributed by atoms with van der Waals surface area (Å²) in [6.07, 6.45) is 8.77. The van der Waals surface area contributed by atoms with E-state index in [0.717, 1.165) is 27.5 Å². The minimum absolute atomic E-state index is 0.0877. The summed E-state index contributed by atoms with van der Waals surface area (Å²) in [6, 6.07) is 0. The second kappa shape index (κ2) is 7.01. The molecular weight excluding hydrogens is 276 g/mol. The zero-order valence-corrected chi connectivity index (χ0v) is 12.9. The number of hydrogen-bond acceptors (Lipinski definition) is 3. The van der Waals surface area contributed by atoms with Crippen LogP contribution in [0, 0.1) is 10.9 Å². The van der Waals surface area contributed by atoms with Crippen LogP contribution in [0.2, 0.25) is 0 Å². The predicted molar refractivity (Wildman–Crippen MR) is 82.1 cm³/mol. The molecule has 0 unspecified atom stereocenters. The highest BCUT2D eigenvalue weighted by atomic mass is 32.1. The van der Waals surface area contributed by atoms with E-state index in [-0.39, 0.29) is 5.91 Å². The van der Waals surface area contributed by atoms with Crippen molar-refractivity contribution in [3.05, 3.63) is 26.2 Å². The molecule has 3 nitrogen and oxygen atoms in total. The summed E-state index contributed by atoms with van der Waals surface area (Å²) >= 11 is 6.56. The molecule has 0 saturated carbocycles. The monoisotopic (exact) mass is 296 g/mol. The number of carbonyl (C=O) groups excluding carboxylic acids is 1. The molecule has 1 aromatic heterocycles. The van der Waals surface area contributed by atoms with Crippen LogP contribution in [0.3, 0.4) is 0 Å². The van der Waals surface area contributed by atoms with Crippen LogP contribution < -0.4 is 5.32 Å². The molecular formula is C14H20N2OS2. The number of rotatable bonds is 5. The van der Waals surface area contributed by atoms with Gasteiger partial charge in [0.05, 0.1) is 6.42 Å². The molecule has 1 aromatic rings. The first kappa shape index (κ1) is 14.5. The molecule has 5 heteroatoms. The lowest BCUT2D eigenvalue weighted by Crippen LogP contribution is -2.26. The largest absolute Gasteiger partial charge is 0.355 e. The van der Waals surface area contributed by atoms with Crippen molar-refractivity contribution in [2.45, 2.75) is 45.4 Å². The maximum absolute atomic E-state index is 11.8. The fraction of sp³-hybridized carbons (Fsp3) is 0.571. The smallest absolute Gasteiger partial charge is 0.225 e. The lowest BCUT2D eigenvalue weighted by Gasteiger charge is -2.12. The Morgan fingerprint density at radius 1 is 1.53 bits per heavy atom. The zero-order valence-electron chi connectivity index (χ0n) is 11.3. The highest BCUT2D eigenvalue weighted by Gasteiger charge is 2.09. The van der Waals surface area contributed by atoms with Gasteiger partial charge in [0.25, 0.3) is 0 Å². The SMILES string of the molecule is Cc1[nH]c(=S)sc1CC(=O)NCCC1=CCCCC1. The Balaban J connectivity index is 1.74. The van der Waals surface area contributed by atoms with Crippen LogP contribution in [0.5, 0.6) is 0 Å². The van der Waals surface area contributed by atoms with E-state index < -0.39 is 0 Å². The molecule has 0 radical (unpaired) electrons. The quantitative estimate of drug-likeness (QED) is 0.643. The third kappa shape index (κ3) is 4.58. The van der Waals surface area contributed by atoms with Gasteiger partial charge in [0.2, 0.25) is 5.91 Å². The van der Waals surface area contributed by atoms with E-state index >= 15 is 0 Å². The third-order valence-electron chi connectivity index (χ3n) is 3.40. The Hall–Kier alpha value is -0.940. The molecule has 0 saturated heterocycles. The number of H-pyrrole nitrogens is 1. The third-order valence-corrected chi connectivity index (χ3v) is 4.73. The number of aromatic amines is 1. The summed E-state index contributed by atoms with van der Waals surface area (Å²) in [5.74, 6) is 0.0877. The number of hydrogen-bond donors (Lipinski definition) is 2. The Kier molecular flexibility index (Phi) is 5.34. The molecule has 1 aliphatic carbocycles. The van der Waals surface area contributed by atoms with Crippen LogP contribution in [0.15, 0.2) is 11.6 Å². The van der Waals surface area contributed by atoms with Gasteiger partial charge in [-0.2, -0.15) is 0 Å². The van der Waals surface area contributed by atoms with Gasteiger partial charge in [-0.1, -0.05) is 11.6 Å². The molecule has 1 heterocycles. The number of thiazole rings is 1. The van der Waals surface area contributed by atoms with Crippen LogP contribution in [0.1, 0.15) is 42.7 Å². The van der Waals surface area contributed by atoms with Crippen LogP contribution >= 0.6 is 23.6 Å². The molecule has 0 aromatic carbocycles. The van der Waals surface area contributed by atoms with E-state index in [1.165, 1.54) is 42.6 Å². The van der Waals surface area contributed by atoms with Crippen molar-refractivity contribution in [3.8, 4) is 0 Å². The number of carbonyl (C=O) groups is 1. The maximum atomic E-state index is 11.8. The van der Waals surface area contributed by atoms with Crippen LogP contribution in [-0.2, 0) is 11.2 Å². The summed E-state index contributed by atoms with van der Waals surface area (Å²) < 4.78 is 0.743. The molecule has 0 aliphatic heterocycles. The van der Waals surface area contributed by atoms with Crippen LogP contribution in [0.4, 0.5) is 0 Å². The van der Waals surface area contributed by atoms with Crippen molar-refractivity contribution >= 4 is 29.5 Å². The normalized spacial score (nSPS) is 15.1. The highest BCUT2D eigenvalue weighted by molar-refractivity contribution is 7.73. The van der Waals surface area contributed by atoms with E-state index in [4.69, 9.17) is 12.2 Å². The molecule has 1 amide bonds. The number of aryl methyl sites for hydroxylation is 1. The molecule has 0 atom stereocenters. The standard InChI is InChI=1S/C14H20N2OS2/c1-10-12(19-14(18)16-10)9-13(17)15-8-7-11-5-3-2-4-6-11/h5H,2-4,6-9H2,1H3,(H,15,17)(H,16,18). The number of allylic oxidation sites excluding steroid dienone is 1. The highest BCUT2D eigenvalue weighted by Crippen LogP contribution is 2.19. The topological polar surface area (TPSA) is 44.9 Å². The first-order valence-corrected chi connectivity index (χ1v) is 8.01. The molecule has 2 rings (SSSR count). The molecule has 0 spiro atoms. The van der Waals surface area contributed by atoms with Crippen molar-refractivity contribution in [2.75, 3.05) is 6.54 Å². The van der Waals surface area contributed by atoms with E-state index in [2.05, 4.69) is 16.4 Å². The molecule has 0 bridgehead atoms. The number of nitrogens with one attached hydrogen (secondary N) is 2. The van der Waals surface area contributed by atoms with Crippen LogP contribution in [0.25, 0.3) is 0 Å². The summed E-state index contributed by atoms with van der Waals surface area (Å²) in [6.45, 7) is 2.71. The predicted octanol–water partition coefficient (Wildman–Crippen LogP) is 3.66. The maximum Gasteiger partial charge on any atom is 0.225 e. The van der Waals surface area contributed by atoms with Gasteiger partial charge in [-0.3, -0.25) is 4.79 Å². The molecule has 104 valence electrons. The van der Waals surface area contributed by atoms with Crippen molar-refractivity contribution in [3.63, 3.8) is 0 Å². The fourth-order valence-electron chi connectivity index (χ4n) is 2.31. The van der Waals surface area contributed by atoms with Gasteiger partial charge in [0.15, 0.2) is 3.95 Å². The van der Waals surface area contributed by atoms with E-state index in [1.807, 2.05) is 6.92 Å². The minimum Gasteiger partial charge on any atom is -0.355 e. The van der Waals surface area contributed by atoms with Crippen LogP contribution in [-0.4, -0.2) is 17.4 Å². The van der Waals surface area contributed by atoms with Gasteiger partial charge in [-0.15, -0.1) is 11.3 Å². The Bertz CT molecular complexity index is 528. The van der Waals surface area contributed by atoms with Gasteiger partial charge >= 0.3 is 0 Å². The average Bonchev–Trinajstić information content (AvgIpc) is 2.69. The van der Waals surface area contributed by atoms with E-state index in [0.29, 0.717) is 6.42 Å². The molecule has 0 fully saturated rings. The zero-order chi connectivity index (χ0) is 13.7. The fourth-order valence-corrected chi connectivity index (χ4v) is 3.60. The van der Waals surface area contributed by atoms with Crippen molar-refractivity contribution in [2.24, 2.45) is 0 Å². The van der Waals surface area contributed by atoms with Gasteiger partial charge in [0, 0.05) is 17.1 Å². The van der Waals surface area contributed by atoms with Gasteiger partial charge in [-0.05, 0) is 51.2 Å². The summed E-state index contributed by atoms with van der Waals surface area (Å²) in [5, 5.41) is 2.99. The first-order chi connectivity index (χ1) is 9.15. The Morgan fingerprint density at radius 2 is 2.37 bits per heavy atom. The lowest BCUT2D eigenvalue weighted by atomic mass is 9.97. The molecule has 2 N–H and O–H groups in total. The summed E-state index contributed by atoms with van der Waals surface area (Å²) in [7, 11) is 0. The number of aromatic nitrogens is 1. The average molecular weight is 296 g/mol. The molecule has 1 aliphatic rings. The second-order valence-electron chi connectivity index (χ2n) is 4.95. The van der Waals surface area contributed by atoms with Gasteiger partial charge in [-0.25, -0.2) is 0 Å². The second-order valence-corrected chi connectivity index (χ2v) is 6.72. The van der Waals surface area contributed by atoms with Gasteiger partial charge in [0.1, 0.15) is 0 Å². The van der Waals surface area contributed by atoms with Crippen molar-refractivity contribution < 1.29 is 4.79 Å². The minimum atomic E-state index is 0.0877. The lowest BCUT2D eigenvalue weighted by molar-refractivity contribution is -0.120. The summed E-state index contributed by atoms with van der Waals surface area (Å²) in [5.41, 5.74) is 2.51. The van der Waals surface area contributed by atoms with Crippen molar-refractivity contribution in [1.82, 2.24) is 10.3 Å². The van der Waals surface area contributed by atoms with E-state index in [1.54, 1.807) is 0 Å².